The lowest BCUT2D eigenvalue weighted by molar-refractivity contribution is 0.0691. The molecule has 0 unspecified atom stereocenters. The number of anilines is 2. The molecule has 3 N–H and O–H groups in total. The van der Waals surface area contributed by atoms with E-state index >= 15 is 0 Å². The van der Waals surface area contributed by atoms with Gasteiger partial charge in [-0.3, -0.25) is 0 Å². The maximum atomic E-state index is 10.8. The van der Waals surface area contributed by atoms with Crippen LogP contribution in [0, 0.1) is 0 Å². The van der Waals surface area contributed by atoms with Gasteiger partial charge in [0.1, 0.15) is 5.75 Å². The lowest BCUT2D eigenvalue weighted by Gasteiger charge is -2.08. The van der Waals surface area contributed by atoms with Gasteiger partial charge in [-0.05, 0) is 12.1 Å². The maximum Gasteiger partial charge on any atom is 0.360 e. The normalized spacial score (nSPS) is 9.94. The molecule has 0 aliphatic carbocycles. The number of H-pyrrole nitrogens is 1. The molecular weight excluding hydrogens is 224 g/mol. The number of methoxy groups -OCH3 is 1. The first kappa shape index (κ1) is 10.9. The third-order valence-electron chi connectivity index (χ3n) is 2.11. The molecule has 0 saturated carbocycles. The number of nitrogens with zero attached hydrogens (tertiary/aromatic N) is 2. The van der Waals surface area contributed by atoms with Gasteiger partial charge in [0, 0.05) is 0 Å². The van der Waals surface area contributed by atoms with Crippen molar-refractivity contribution in [3.05, 3.63) is 30.0 Å². The fourth-order valence-electron chi connectivity index (χ4n) is 1.34. The van der Waals surface area contributed by atoms with Gasteiger partial charge in [0.25, 0.3) is 0 Å². The third-order valence-corrected chi connectivity index (χ3v) is 2.11. The summed E-state index contributed by atoms with van der Waals surface area (Å²) in [6.45, 7) is 0. The number of hydrogen-bond acceptors (Lipinski definition) is 5. The number of aromatic amines is 1. The van der Waals surface area contributed by atoms with Crippen LogP contribution in [0.5, 0.6) is 5.75 Å². The Balaban J connectivity index is 2.31. The Morgan fingerprint density at radius 1 is 1.41 bits per heavy atom. The summed E-state index contributed by atoms with van der Waals surface area (Å²) in [5, 5.41) is 21.2. The van der Waals surface area contributed by atoms with Gasteiger partial charge in [0.2, 0.25) is 5.69 Å². The Morgan fingerprint density at radius 3 is 2.88 bits per heavy atom. The van der Waals surface area contributed by atoms with Crippen molar-refractivity contribution in [2.24, 2.45) is 0 Å². The predicted octanol–water partition coefficient (Wildman–Crippen LogP) is 1.26. The summed E-state index contributed by atoms with van der Waals surface area (Å²) in [6, 6.07) is 7.11. The molecular formula is C10H10N4O3. The number of aromatic nitrogens is 3. The van der Waals surface area contributed by atoms with Crippen molar-refractivity contribution in [3.8, 4) is 5.75 Å². The van der Waals surface area contributed by atoms with E-state index in [-0.39, 0.29) is 11.5 Å². The van der Waals surface area contributed by atoms with Gasteiger partial charge in [-0.2, -0.15) is 5.21 Å². The molecule has 0 saturated heterocycles. The molecule has 0 radical (unpaired) electrons. The molecule has 2 rings (SSSR count). The van der Waals surface area contributed by atoms with Gasteiger partial charge in [-0.25, -0.2) is 4.79 Å². The zero-order valence-corrected chi connectivity index (χ0v) is 8.97. The number of benzene rings is 1. The molecule has 0 fully saturated rings. The Kier molecular flexibility index (Phi) is 2.91. The van der Waals surface area contributed by atoms with E-state index in [0.29, 0.717) is 11.4 Å². The minimum absolute atomic E-state index is 0.141. The van der Waals surface area contributed by atoms with Crippen LogP contribution in [0.4, 0.5) is 11.5 Å². The van der Waals surface area contributed by atoms with Gasteiger partial charge in [-0.1, -0.05) is 12.1 Å². The van der Waals surface area contributed by atoms with E-state index in [1.54, 1.807) is 18.2 Å². The second-order valence-corrected chi connectivity index (χ2v) is 3.15. The fourth-order valence-corrected chi connectivity index (χ4v) is 1.34. The first-order chi connectivity index (χ1) is 8.22. The topological polar surface area (TPSA) is 100 Å². The molecule has 1 aromatic heterocycles. The van der Waals surface area contributed by atoms with E-state index in [1.165, 1.54) is 7.11 Å². The number of carboxylic acids is 1. The highest BCUT2D eigenvalue weighted by molar-refractivity contribution is 5.91. The second-order valence-electron chi connectivity index (χ2n) is 3.15. The third kappa shape index (κ3) is 2.17. The average molecular weight is 234 g/mol. The standard InChI is InChI=1S/C10H10N4O3/c1-17-7-5-3-2-4-6(7)11-9-8(10(15)16)12-14-13-9/h2-5H,1H3,(H,15,16)(H2,11,12,13,14). The second kappa shape index (κ2) is 4.52. The van der Waals surface area contributed by atoms with Crippen LogP contribution in [0.1, 0.15) is 10.5 Å². The number of para-hydroxylation sites is 2. The number of rotatable bonds is 4. The van der Waals surface area contributed by atoms with Crippen molar-refractivity contribution in [3.63, 3.8) is 0 Å². The van der Waals surface area contributed by atoms with Gasteiger partial charge in [0.05, 0.1) is 12.8 Å². The van der Waals surface area contributed by atoms with Crippen molar-refractivity contribution >= 4 is 17.5 Å². The maximum absolute atomic E-state index is 10.8. The Hall–Kier alpha value is -2.57. The highest BCUT2D eigenvalue weighted by atomic mass is 16.5. The number of aromatic carboxylic acids is 1. The first-order valence-corrected chi connectivity index (χ1v) is 4.76. The fraction of sp³-hybridized carbons (Fsp3) is 0.100. The molecule has 1 heterocycles. The SMILES string of the molecule is COc1ccccc1Nc1n[nH]nc1C(=O)O. The molecule has 0 atom stereocenters. The molecule has 17 heavy (non-hydrogen) atoms. The molecule has 1 aromatic carbocycles. The number of carbonyl (C=O) groups is 1. The van der Waals surface area contributed by atoms with E-state index in [1.807, 2.05) is 6.07 Å². The number of ether oxygens (including phenoxy) is 1. The molecule has 0 aliphatic heterocycles. The summed E-state index contributed by atoms with van der Waals surface area (Å²) in [7, 11) is 1.53. The van der Waals surface area contributed by atoms with E-state index < -0.39 is 5.97 Å². The molecule has 0 amide bonds. The molecule has 7 nitrogen and oxygen atoms in total. The summed E-state index contributed by atoms with van der Waals surface area (Å²) < 4.78 is 5.13. The van der Waals surface area contributed by atoms with Crippen LogP contribution in [0.3, 0.4) is 0 Å². The predicted molar refractivity (Wildman–Crippen MR) is 59.6 cm³/mol. The summed E-state index contributed by atoms with van der Waals surface area (Å²) in [4.78, 5) is 10.8. The van der Waals surface area contributed by atoms with E-state index in [9.17, 15) is 4.79 Å². The summed E-state index contributed by atoms with van der Waals surface area (Å²) in [5.74, 6) is -0.426. The minimum Gasteiger partial charge on any atom is -0.495 e. The zero-order valence-electron chi connectivity index (χ0n) is 8.97. The molecule has 0 aliphatic rings. The van der Waals surface area contributed by atoms with Crippen LogP contribution in [0.2, 0.25) is 0 Å². The van der Waals surface area contributed by atoms with E-state index in [2.05, 4.69) is 20.7 Å². The minimum atomic E-state index is -1.16. The van der Waals surface area contributed by atoms with Crippen LogP contribution in [-0.2, 0) is 0 Å². The smallest absolute Gasteiger partial charge is 0.360 e. The van der Waals surface area contributed by atoms with E-state index in [0.717, 1.165) is 0 Å². The quantitative estimate of drug-likeness (QED) is 0.736. The largest absolute Gasteiger partial charge is 0.495 e. The molecule has 2 aromatic rings. The van der Waals surface area contributed by atoms with Crippen LogP contribution in [0.25, 0.3) is 0 Å². The van der Waals surface area contributed by atoms with Crippen molar-refractivity contribution in [2.75, 3.05) is 12.4 Å². The van der Waals surface area contributed by atoms with Gasteiger partial charge in [0.15, 0.2) is 5.82 Å². The first-order valence-electron chi connectivity index (χ1n) is 4.76. The number of nitrogens with one attached hydrogen (secondary N) is 2. The molecule has 88 valence electrons. The van der Waals surface area contributed by atoms with Gasteiger partial charge in [-0.15, -0.1) is 10.2 Å². The number of carboxylic acid groups (broad SMARTS) is 1. The lowest BCUT2D eigenvalue weighted by Crippen LogP contribution is -2.03. The summed E-state index contributed by atoms with van der Waals surface area (Å²) in [6.07, 6.45) is 0. The molecule has 7 heteroatoms. The lowest BCUT2D eigenvalue weighted by atomic mass is 10.3. The van der Waals surface area contributed by atoms with Crippen molar-refractivity contribution in [2.45, 2.75) is 0 Å². The highest BCUT2D eigenvalue weighted by Crippen LogP contribution is 2.26. The average Bonchev–Trinajstić information content (AvgIpc) is 2.78. The van der Waals surface area contributed by atoms with Crippen LogP contribution < -0.4 is 10.1 Å². The Labute approximate surface area is 96.4 Å². The van der Waals surface area contributed by atoms with Crippen molar-refractivity contribution in [1.82, 2.24) is 15.4 Å². The Bertz CT molecular complexity index is 538. The van der Waals surface area contributed by atoms with Crippen molar-refractivity contribution in [1.29, 1.82) is 0 Å². The molecule has 0 bridgehead atoms. The summed E-state index contributed by atoms with van der Waals surface area (Å²) >= 11 is 0. The highest BCUT2D eigenvalue weighted by Gasteiger charge is 2.16. The van der Waals surface area contributed by atoms with E-state index in [4.69, 9.17) is 9.84 Å². The van der Waals surface area contributed by atoms with Crippen LogP contribution >= 0.6 is 0 Å². The monoisotopic (exact) mass is 234 g/mol. The van der Waals surface area contributed by atoms with Gasteiger partial charge < -0.3 is 15.2 Å². The van der Waals surface area contributed by atoms with Gasteiger partial charge >= 0.3 is 5.97 Å². The van der Waals surface area contributed by atoms with Crippen LogP contribution in [-0.4, -0.2) is 33.6 Å². The molecule has 0 spiro atoms. The zero-order chi connectivity index (χ0) is 12.3. The summed E-state index contributed by atoms with van der Waals surface area (Å²) in [5.41, 5.74) is 0.447. The number of hydrogen-bond donors (Lipinski definition) is 3. The van der Waals surface area contributed by atoms with Crippen molar-refractivity contribution < 1.29 is 14.6 Å². The van der Waals surface area contributed by atoms with Crippen LogP contribution in [0.15, 0.2) is 24.3 Å². The Morgan fingerprint density at radius 2 is 2.18 bits per heavy atom.